The molecule has 0 aliphatic rings. The molecule has 0 atom stereocenters. The van der Waals surface area contributed by atoms with Crippen LogP contribution in [0.2, 0.25) is 0 Å². The van der Waals surface area contributed by atoms with Gasteiger partial charge in [0, 0.05) is 19.2 Å². The van der Waals surface area contributed by atoms with E-state index in [4.69, 9.17) is 0 Å². The maximum absolute atomic E-state index is 12.3. The summed E-state index contributed by atoms with van der Waals surface area (Å²) in [4.78, 5) is 4.29. The van der Waals surface area contributed by atoms with Gasteiger partial charge in [0.25, 0.3) is 10.0 Å². The predicted molar refractivity (Wildman–Crippen MR) is 74.8 cm³/mol. The number of nitrogens with one attached hydrogen (secondary N) is 1. The maximum Gasteiger partial charge on any atom is 0.260 e. The summed E-state index contributed by atoms with van der Waals surface area (Å²) in [5, 5.41) is 0.126. The van der Waals surface area contributed by atoms with Crippen LogP contribution in [0.5, 0.6) is 0 Å². The Morgan fingerprint density at radius 2 is 2.11 bits per heavy atom. The van der Waals surface area contributed by atoms with E-state index < -0.39 is 10.0 Å². The van der Waals surface area contributed by atoms with Crippen molar-refractivity contribution in [2.24, 2.45) is 0 Å². The minimum atomic E-state index is -3.54. The third-order valence-corrected chi connectivity index (χ3v) is 4.34. The number of rotatable bonds is 5. The van der Waals surface area contributed by atoms with Crippen LogP contribution in [0.1, 0.15) is 31.7 Å². The van der Waals surface area contributed by atoms with Crippen LogP contribution in [0.25, 0.3) is 5.52 Å². The molecular formula is C13H19N3O2S. The number of fused-ring (bicyclic) bond motifs is 1. The van der Waals surface area contributed by atoms with Gasteiger partial charge in [-0.3, -0.25) is 0 Å². The molecule has 0 saturated heterocycles. The lowest BCUT2D eigenvalue weighted by Gasteiger charge is -2.03. The van der Waals surface area contributed by atoms with Gasteiger partial charge in [0.15, 0.2) is 5.03 Å². The van der Waals surface area contributed by atoms with Gasteiger partial charge in [-0.15, -0.1) is 0 Å². The van der Waals surface area contributed by atoms with E-state index in [1.54, 1.807) is 0 Å². The topological polar surface area (TPSA) is 63.5 Å². The summed E-state index contributed by atoms with van der Waals surface area (Å²) in [7, 11) is -3.54. The fourth-order valence-electron chi connectivity index (χ4n) is 1.98. The molecule has 104 valence electrons. The minimum Gasteiger partial charge on any atom is -0.302 e. The summed E-state index contributed by atoms with van der Waals surface area (Å²) >= 11 is 0. The Hall–Kier alpha value is -1.40. The lowest BCUT2D eigenvalue weighted by Crippen LogP contribution is -2.25. The number of pyridine rings is 1. The SMILES string of the molecule is CCCNS(=O)(=O)c1nc(CC)n2ccc(C)cc12. The number of imidazole rings is 1. The fourth-order valence-corrected chi connectivity index (χ4v) is 3.24. The molecule has 0 amide bonds. The number of sulfonamides is 1. The largest absolute Gasteiger partial charge is 0.302 e. The van der Waals surface area contributed by atoms with Gasteiger partial charge in [-0.25, -0.2) is 18.1 Å². The Kier molecular flexibility index (Phi) is 3.91. The van der Waals surface area contributed by atoms with Gasteiger partial charge in [0.2, 0.25) is 0 Å². The van der Waals surface area contributed by atoms with Crippen LogP contribution in [-0.4, -0.2) is 24.3 Å². The van der Waals surface area contributed by atoms with Crippen LogP contribution >= 0.6 is 0 Å². The second kappa shape index (κ2) is 5.30. The normalized spacial score (nSPS) is 12.2. The van der Waals surface area contributed by atoms with Crippen molar-refractivity contribution in [1.82, 2.24) is 14.1 Å². The highest BCUT2D eigenvalue weighted by molar-refractivity contribution is 7.89. The van der Waals surface area contributed by atoms with Crippen LogP contribution in [0.3, 0.4) is 0 Å². The number of aromatic nitrogens is 2. The average Bonchev–Trinajstić information content (AvgIpc) is 2.75. The Balaban J connectivity index is 2.63. The standard InChI is InChI=1S/C13H19N3O2S/c1-4-7-14-19(17,18)13-11-9-10(3)6-8-16(11)12(5-2)15-13/h6,8-9,14H,4-5,7H2,1-3H3. The van der Waals surface area contributed by atoms with Crippen molar-refractivity contribution in [3.8, 4) is 0 Å². The quantitative estimate of drug-likeness (QED) is 0.910. The van der Waals surface area contributed by atoms with Gasteiger partial charge in [-0.05, 0) is 31.0 Å². The van der Waals surface area contributed by atoms with Gasteiger partial charge in [-0.1, -0.05) is 13.8 Å². The summed E-state index contributed by atoms with van der Waals surface area (Å²) in [6, 6.07) is 3.80. The molecule has 0 spiro atoms. The molecule has 2 aromatic heterocycles. The average molecular weight is 281 g/mol. The predicted octanol–water partition coefficient (Wildman–Crippen LogP) is 1.89. The van der Waals surface area contributed by atoms with Crippen LogP contribution in [0.15, 0.2) is 23.4 Å². The van der Waals surface area contributed by atoms with Gasteiger partial charge in [-0.2, -0.15) is 0 Å². The fraction of sp³-hybridized carbons (Fsp3) is 0.462. The van der Waals surface area contributed by atoms with Gasteiger partial charge >= 0.3 is 0 Å². The molecule has 0 unspecified atom stereocenters. The highest BCUT2D eigenvalue weighted by Crippen LogP contribution is 2.19. The van der Waals surface area contributed by atoms with Gasteiger partial charge in [0.05, 0.1) is 5.52 Å². The van der Waals surface area contributed by atoms with Crippen molar-refractivity contribution < 1.29 is 8.42 Å². The third kappa shape index (κ3) is 2.64. The molecule has 19 heavy (non-hydrogen) atoms. The first-order valence-corrected chi connectivity index (χ1v) is 7.95. The first kappa shape index (κ1) is 14.0. The highest BCUT2D eigenvalue weighted by Gasteiger charge is 2.22. The smallest absolute Gasteiger partial charge is 0.260 e. The highest BCUT2D eigenvalue weighted by atomic mass is 32.2. The molecule has 5 nitrogen and oxygen atoms in total. The summed E-state index contributed by atoms with van der Waals surface area (Å²) in [5.41, 5.74) is 1.66. The number of aryl methyl sites for hydroxylation is 2. The van der Waals surface area contributed by atoms with E-state index in [1.165, 1.54) is 0 Å². The van der Waals surface area contributed by atoms with E-state index in [0.717, 1.165) is 17.8 Å². The molecule has 0 fully saturated rings. The minimum absolute atomic E-state index is 0.126. The van der Waals surface area contributed by atoms with Crippen molar-refractivity contribution in [3.63, 3.8) is 0 Å². The molecule has 0 radical (unpaired) electrons. The molecule has 0 saturated carbocycles. The molecule has 0 aliphatic carbocycles. The first-order chi connectivity index (χ1) is 8.99. The second-order valence-electron chi connectivity index (χ2n) is 4.54. The van der Waals surface area contributed by atoms with E-state index in [9.17, 15) is 8.42 Å². The number of hydrogen-bond donors (Lipinski definition) is 1. The summed E-state index contributed by atoms with van der Waals surface area (Å²) in [6.45, 7) is 6.25. The molecule has 2 aromatic rings. The molecule has 0 bridgehead atoms. The van der Waals surface area contributed by atoms with Crippen LogP contribution in [-0.2, 0) is 16.4 Å². The Bertz CT molecular complexity index is 689. The molecule has 6 heteroatoms. The summed E-state index contributed by atoms with van der Waals surface area (Å²) in [5.74, 6) is 0.756. The zero-order valence-electron chi connectivity index (χ0n) is 11.5. The van der Waals surface area contributed by atoms with Crippen LogP contribution in [0, 0.1) is 6.92 Å². The van der Waals surface area contributed by atoms with Crippen molar-refractivity contribution in [2.45, 2.75) is 38.6 Å². The number of nitrogens with zero attached hydrogens (tertiary/aromatic N) is 2. The van der Waals surface area contributed by atoms with E-state index >= 15 is 0 Å². The summed E-state index contributed by atoms with van der Waals surface area (Å²) < 4.78 is 28.9. The maximum atomic E-state index is 12.3. The van der Waals surface area contributed by atoms with Crippen molar-refractivity contribution >= 4 is 15.5 Å². The Morgan fingerprint density at radius 3 is 2.74 bits per heavy atom. The van der Waals surface area contributed by atoms with E-state index in [0.29, 0.717) is 18.5 Å². The lowest BCUT2D eigenvalue weighted by atomic mass is 10.3. The van der Waals surface area contributed by atoms with Crippen molar-refractivity contribution in [1.29, 1.82) is 0 Å². The summed E-state index contributed by atoms with van der Waals surface area (Å²) in [6.07, 6.45) is 3.31. The van der Waals surface area contributed by atoms with Gasteiger partial charge in [0.1, 0.15) is 5.82 Å². The van der Waals surface area contributed by atoms with Crippen LogP contribution in [0.4, 0.5) is 0 Å². The Morgan fingerprint density at radius 1 is 1.37 bits per heavy atom. The van der Waals surface area contributed by atoms with Crippen molar-refractivity contribution in [2.75, 3.05) is 6.54 Å². The zero-order chi connectivity index (χ0) is 14.0. The van der Waals surface area contributed by atoms with Crippen molar-refractivity contribution in [3.05, 3.63) is 29.7 Å². The van der Waals surface area contributed by atoms with E-state index in [1.807, 2.05) is 43.5 Å². The van der Waals surface area contributed by atoms with Crippen LogP contribution < -0.4 is 4.72 Å². The molecule has 2 rings (SSSR count). The number of hydrogen-bond acceptors (Lipinski definition) is 3. The Labute approximate surface area is 113 Å². The molecule has 2 heterocycles. The molecule has 1 N–H and O–H groups in total. The molecule has 0 aliphatic heterocycles. The van der Waals surface area contributed by atoms with Gasteiger partial charge < -0.3 is 4.40 Å². The monoisotopic (exact) mass is 281 g/mol. The zero-order valence-corrected chi connectivity index (χ0v) is 12.3. The third-order valence-electron chi connectivity index (χ3n) is 2.95. The van der Waals surface area contributed by atoms with E-state index in [2.05, 4.69) is 9.71 Å². The first-order valence-electron chi connectivity index (χ1n) is 6.46. The second-order valence-corrected chi connectivity index (χ2v) is 6.23. The lowest BCUT2D eigenvalue weighted by molar-refractivity contribution is 0.578. The molecule has 0 aromatic carbocycles. The molecular weight excluding hydrogens is 262 g/mol. The van der Waals surface area contributed by atoms with E-state index in [-0.39, 0.29) is 5.03 Å².